The van der Waals surface area contributed by atoms with E-state index in [4.69, 9.17) is 4.42 Å². The van der Waals surface area contributed by atoms with E-state index in [0.29, 0.717) is 0 Å². The summed E-state index contributed by atoms with van der Waals surface area (Å²) >= 11 is 0. The van der Waals surface area contributed by atoms with Gasteiger partial charge in [-0.15, -0.1) is 0 Å². The zero-order chi connectivity index (χ0) is 10.4. The van der Waals surface area contributed by atoms with Crippen molar-refractivity contribution in [3.63, 3.8) is 0 Å². The Hall–Kier alpha value is -1.05. The van der Waals surface area contributed by atoms with Crippen molar-refractivity contribution < 1.29 is 9.21 Å². The van der Waals surface area contributed by atoms with Gasteiger partial charge in [0.2, 0.25) is 0 Å². The molecule has 1 rings (SSSR count). The standard InChI is InChI=1S/C12H18O2/c1-3-5-7-10-9-14-12(6-4-2)11(10)8-13/h8-9H,3-7H2,1-2H3. The summed E-state index contributed by atoms with van der Waals surface area (Å²) in [5, 5.41) is 0. The Morgan fingerprint density at radius 1 is 1.29 bits per heavy atom. The van der Waals surface area contributed by atoms with E-state index in [2.05, 4.69) is 13.8 Å². The highest BCUT2D eigenvalue weighted by Gasteiger charge is 2.11. The van der Waals surface area contributed by atoms with Crippen molar-refractivity contribution in [2.75, 3.05) is 0 Å². The van der Waals surface area contributed by atoms with Crippen molar-refractivity contribution in [2.24, 2.45) is 0 Å². The zero-order valence-electron chi connectivity index (χ0n) is 9.01. The van der Waals surface area contributed by atoms with Crippen LogP contribution in [-0.4, -0.2) is 6.29 Å². The molecule has 0 N–H and O–H groups in total. The molecule has 0 saturated carbocycles. The van der Waals surface area contributed by atoms with Gasteiger partial charge in [0.05, 0.1) is 11.8 Å². The van der Waals surface area contributed by atoms with Crippen molar-refractivity contribution in [1.82, 2.24) is 0 Å². The van der Waals surface area contributed by atoms with Crippen molar-refractivity contribution in [3.05, 3.63) is 23.2 Å². The van der Waals surface area contributed by atoms with Gasteiger partial charge in [-0.25, -0.2) is 0 Å². The van der Waals surface area contributed by atoms with E-state index in [9.17, 15) is 4.79 Å². The second kappa shape index (κ2) is 5.63. The molecule has 0 atom stereocenters. The second-order valence-corrected chi connectivity index (χ2v) is 3.57. The maximum Gasteiger partial charge on any atom is 0.153 e. The summed E-state index contributed by atoms with van der Waals surface area (Å²) in [6.07, 6.45) is 7.77. The molecule has 0 radical (unpaired) electrons. The van der Waals surface area contributed by atoms with Crippen LogP contribution in [0.5, 0.6) is 0 Å². The molecular weight excluding hydrogens is 176 g/mol. The van der Waals surface area contributed by atoms with Crippen molar-refractivity contribution in [2.45, 2.75) is 46.0 Å². The Kier molecular flexibility index (Phi) is 4.44. The van der Waals surface area contributed by atoms with Gasteiger partial charge in [-0.2, -0.15) is 0 Å². The number of rotatable bonds is 6. The highest BCUT2D eigenvalue weighted by molar-refractivity contribution is 5.78. The van der Waals surface area contributed by atoms with Crippen LogP contribution >= 0.6 is 0 Å². The minimum atomic E-state index is 0.792. The molecule has 2 nitrogen and oxygen atoms in total. The molecule has 1 aromatic heterocycles. The molecule has 1 aromatic rings. The van der Waals surface area contributed by atoms with Gasteiger partial charge < -0.3 is 4.42 Å². The fourth-order valence-electron chi connectivity index (χ4n) is 1.57. The molecule has 0 aliphatic heterocycles. The lowest BCUT2D eigenvalue weighted by Crippen LogP contribution is -1.92. The number of hydrogen-bond acceptors (Lipinski definition) is 2. The molecule has 0 bridgehead atoms. The lowest BCUT2D eigenvalue weighted by Gasteiger charge is -1.96. The Bertz CT molecular complexity index is 287. The summed E-state index contributed by atoms with van der Waals surface area (Å²) in [6.45, 7) is 4.23. The first-order valence-corrected chi connectivity index (χ1v) is 5.37. The first kappa shape index (κ1) is 11.0. The van der Waals surface area contributed by atoms with Crippen LogP contribution in [0.1, 0.15) is 54.8 Å². The van der Waals surface area contributed by atoms with Crippen LogP contribution in [0.3, 0.4) is 0 Å². The highest BCUT2D eigenvalue weighted by Crippen LogP contribution is 2.18. The highest BCUT2D eigenvalue weighted by atomic mass is 16.3. The quantitative estimate of drug-likeness (QED) is 0.650. The monoisotopic (exact) mass is 194 g/mol. The van der Waals surface area contributed by atoms with Gasteiger partial charge in [-0.3, -0.25) is 4.79 Å². The molecule has 1 heterocycles. The van der Waals surface area contributed by atoms with E-state index < -0.39 is 0 Å². The van der Waals surface area contributed by atoms with E-state index in [1.165, 1.54) is 0 Å². The molecule has 0 aliphatic carbocycles. The molecule has 0 amide bonds. The van der Waals surface area contributed by atoms with E-state index in [-0.39, 0.29) is 0 Å². The third kappa shape index (κ3) is 2.47. The Labute approximate surface area is 85.3 Å². The maximum atomic E-state index is 10.9. The lowest BCUT2D eigenvalue weighted by atomic mass is 10.0. The van der Waals surface area contributed by atoms with E-state index in [1.807, 2.05) is 0 Å². The van der Waals surface area contributed by atoms with Crippen LogP contribution in [0.2, 0.25) is 0 Å². The topological polar surface area (TPSA) is 30.2 Å². The van der Waals surface area contributed by atoms with Crippen LogP contribution in [0.15, 0.2) is 10.7 Å². The molecule has 0 fully saturated rings. The third-order valence-corrected chi connectivity index (χ3v) is 2.38. The smallest absolute Gasteiger partial charge is 0.153 e. The number of carbonyl (C=O) groups is 1. The summed E-state index contributed by atoms with van der Waals surface area (Å²) in [5.41, 5.74) is 1.87. The van der Waals surface area contributed by atoms with Crippen molar-refractivity contribution in [1.29, 1.82) is 0 Å². The minimum Gasteiger partial charge on any atom is -0.468 e. The fourth-order valence-corrected chi connectivity index (χ4v) is 1.57. The van der Waals surface area contributed by atoms with Crippen LogP contribution in [0.4, 0.5) is 0 Å². The van der Waals surface area contributed by atoms with Gasteiger partial charge in [-0.1, -0.05) is 20.3 Å². The molecule has 2 heteroatoms. The predicted molar refractivity (Wildman–Crippen MR) is 56.7 cm³/mol. The van der Waals surface area contributed by atoms with E-state index in [0.717, 1.165) is 55.3 Å². The Morgan fingerprint density at radius 3 is 2.64 bits per heavy atom. The van der Waals surface area contributed by atoms with Gasteiger partial charge in [0, 0.05) is 12.0 Å². The molecule has 0 spiro atoms. The van der Waals surface area contributed by atoms with Gasteiger partial charge in [0.15, 0.2) is 6.29 Å². The van der Waals surface area contributed by atoms with Crippen LogP contribution in [0, 0.1) is 0 Å². The summed E-state index contributed by atoms with van der Waals surface area (Å²) in [4.78, 5) is 10.9. The third-order valence-electron chi connectivity index (χ3n) is 2.38. The number of unbranched alkanes of at least 4 members (excludes halogenated alkanes) is 1. The summed E-state index contributed by atoms with van der Waals surface area (Å²) < 4.78 is 5.39. The van der Waals surface area contributed by atoms with Gasteiger partial charge in [0.1, 0.15) is 5.76 Å². The number of hydrogen-bond donors (Lipinski definition) is 0. The van der Waals surface area contributed by atoms with Crippen LogP contribution < -0.4 is 0 Å². The van der Waals surface area contributed by atoms with Crippen LogP contribution in [-0.2, 0) is 12.8 Å². The van der Waals surface area contributed by atoms with Gasteiger partial charge in [0.25, 0.3) is 0 Å². The summed E-state index contributed by atoms with van der Waals surface area (Å²) in [6, 6.07) is 0. The SMILES string of the molecule is CCCCc1coc(CCC)c1C=O. The molecule has 78 valence electrons. The average molecular weight is 194 g/mol. The van der Waals surface area contributed by atoms with Gasteiger partial charge >= 0.3 is 0 Å². The Morgan fingerprint density at radius 2 is 2.07 bits per heavy atom. The number of aldehydes is 1. The molecule has 0 unspecified atom stereocenters. The zero-order valence-corrected chi connectivity index (χ0v) is 9.01. The first-order chi connectivity index (χ1) is 6.83. The first-order valence-electron chi connectivity index (χ1n) is 5.37. The molecule has 0 aromatic carbocycles. The second-order valence-electron chi connectivity index (χ2n) is 3.57. The number of aryl methyl sites for hydroxylation is 2. The molecular formula is C12H18O2. The van der Waals surface area contributed by atoms with E-state index in [1.54, 1.807) is 6.26 Å². The van der Waals surface area contributed by atoms with Crippen molar-refractivity contribution >= 4 is 6.29 Å². The summed E-state index contributed by atoms with van der Waals surface area (Å²) in [7, 11) is 0. The predicted octanol–water partition coefficient (Wildman–Crippen LogP) is 3.39. The summed E-state index contributed by atoms with van der Waals surface area (Å²) in [5.74, 6) is 0.855. The van der Waals surface area contributed by atoms with E-state index >= 15 is 0 Å². The normalized spacial score (nSPS) is 10.4. The van der Waals surface area contributed by atoms with Gasteiger partial charge in [-0.05, 0) is 19.3 Å². The van der Waals surface area contributed by atoms with Crippen LogP contribution in [0.25, 0.3) is 0 Å². The Balaban J connectivity index is 2.78. The molecule has 0 saturated heterocycles. The maximum absolute atomic E-state index is 10.9. The minimum absolute atomic E-state index is 0.792. The number of carbonyl (C=O) groups excluding carboxylic acids is 1. The van der Waals surface area contributed by atoms with Crippen molar-refractivity contribution in [3.8, 4) is 0 Å². The lowest BCUT2D eigenvalue weighted by molar-refractivity contribution is 0.112. The number of furan rings is 1. The molecule has 14 heavy (non-hydrogen) atoms. The fraction of sp³-hybridized carbons (Fsp3) is 0.583. The largest absolute Gasteiger partial charge is 0.468 e. The molecule has 0 aliphatic rings. The average Bonchev–Trinajstić information content (AvgIpc) is 2.58.